The molecule has 4 rings (SSSR count). The highest BCUT2D eigenvalue weighted by molar-refractivity contribution is 6.31. The van der Waals surface area contributed by atoms with Crippen LogP contribution in [0.2, 0.25) is 5.02 Å². The van der Waals surface area contributed by atoms with Gasteiger partial charge in [-0.25, -0.2) is 0 Å². The van der Waals surface area contributed by atoms with Crippen molar-refractivity contribution in [2.24, 2.45) is 11.3 Å². The van der Waals surface area contributed by atoms with E-state index in [1.165, 1.54) is 5.56 Å². The van der Waals surface area contributed by atoms with Gasteiger partial charge in [-0.15, -0.1) is 10.2 Å². The van der Waals surface area contributed by atoms with Gasteiger partial charge in [0, 0.05) is 5.02 Å². The first kappa shape index (κ1) is 18.5. The lowest BCUT2D eigenvalue weighted by Crippen LogP contribution is -2.37. The summed E-state index contributed by atoms with van der Waals surface area (Å²) in [5, 5.41) is 20.1. The summed E-state index contributed by atoms with van der Waals surface area (Å²) in [4.78, 5) is 1.66. The predicted molar refractivity (Wildman–Crippen MR) is 109 cm³/mol. The van der Waals surface area contributed by atoms with Crippen molar-refractivity contribution in [3.8, 4) is 5.69 Å². The quantitative estimate of drug-likeness (QED) is 0.647. The summed E-state index contributed by atoms with van der Waals surface area (Å²) in [5.41, 5.74) is 4.02. The molecule has 3 aromatic rings. The van der Waals surface area contributed by atoms with E-state index in [1.807, 2.05) is 18.2 Å². The summed E-state index contributed by atoms with van der Waals surface area (Å²) >= 11 is 6.04. The molecule has 0 aliphatic heterocycles. The number of halogens is 1. The summed E-state index contributed by atoms with van der Waals surface area (Å²) in [6.07, 6.45) is 2.76. The zero-order valence-electron chi connectivity index (χ0n) is 16.1. The monoisotopic (exact) mass is 383 g/mol. The number of nitrogens with zero attached hydrogens (tertiary/aromatic N) is 3. The van der Waals surface area contributed by atoms with E-state index >= 15 is 0 Å². The maximum atomic E-state index is 10.4. The second-order valence-electron chi connectivity index (χ2n) is 8.76. The summed E-state index contributed by atoms with van der Waals surface area (Å²) in [6.45, 7) is 6.69. The zero-order valence-corrected chi connectivity index (χ0v) is 16.8. The molecule has 4 nitrogen and oxygen atoms in total. The summed E-state index contributed by atoms with van der Waals surface area (Å²) in [5.74, 6) is 0.828. The number of rotatable bonds is 2. The maximum Gasteiger partial charge on any atom is 0.115 e. The van der Waals surface area contributed by atoms with E-state index in [-0.39, 0.29) is 11.5 Å². The fourth-order valence-corrected chi connectivity index (χ4v) is 4.44. The van der Waals surface area contributed by atoms with E-state index in [0.29, 0.717) is 16.9 Å². The molecule has 0 radical (unpaired) electrons. The van der Waals surface area contributed by atoms with E-state index in [4.69, 9.17) is 11.6 Å². The predicted octanol–water partition coefficient (Wildman–Crippen LogP) is 5.36. The van der Waals surface area contributed by atoms with E-state index in [0.717, 1.165) is 36.0 Å². The Bertz CT molecular complexity index is 942. The molecule has 0 amide bonds. The molecule has 1 aliphatic carbocycles. The lowest BCUT2D eigenvalue weighted by atomic mass is 9.66. The second-order valence-corrected chi connectivity index (χ2v) is 9.20. The van der Waals surface area contributed by atoms with Crippen LogP contribution in [0, 0.1) is 11.3 Å². The van der Waals surface area contributed by atoms with Crippen molar-refractivity contribution >= 4 is 22.6 Å². The average molecular weight is 384 g/mol. The molecule has 0 spiro atoms. The smallest absolute Gasteiger partial charge is 0.115 e. The van der Waals surface area contributed by atoms with Crippen LogP contribution >= 0.6 is 11.6 Å². The van der Waals surface area contributed by atoms with Crippen molar-refractivity contribution < 1.29 is 5.11 Å². The number of aliphatic hydroxyl groups is 1. The Balaban J connectivity index is 1.56. The molecule has 1 aromatic heterocycles. The molecule has 2 aromatic carbocycles. The Kier molecular flexibility index (Phi) is 4.73. The number of aliphatic hydroxyl groups excluding tert-OH is 1. The van der Waals surface area contributed by atoms with Gasteiger partial charge in [0.15, 0.2) is 0 Å². The largest absolute Gasteiger partial charge is 0.393 e. The number of benzene rings is 2. The number of hydrogen-bond donors (Lipinski definition) is 1. The van der Waals surface area contributed by atoms with Crippen LogP contribution in [0.4, 0.5) is 0 Å². The van der Waals surface area contributed by atoms with E-state index in [9.17, 15) is 5.11 Å². The molecule has 1 aliphatic rings. The average Bonchev–Trinajstić information content (AvgIpc) is 3.04. The summed E-state index contributed by atoms with van der Waals surface area (Å²) in [6, 6.07) is 14.1. The third kappa shape index (κ3) is 3.74. The van der Waals surface area contributed by atoms with Crippen LogP contribution in [0.1, 0.15) is 51.5 Å². The van der Waals surface area contributed by atoms with Gasteiger partial charge in [-0.2, -0.15) is 4.80 Å². The SMILES string of the molecule is CC(C)(C)C1CC(c2ccc(-n3nc4ccc(Cl)cc4n3)cc2)CCC1O. The van der Waals surface area contributed by atoms with Gasteiger partial charge in [-0.3, -0.25) is 0 Å². The van der Waals surface area contributed by atoms with Crippen LogP contribution in [0.25, 0.3) is 16.7 Å². The van der Waals surface area contributed by atoms with Crippen molar-refractivity contribution in [3.05, 3.63) is 53.1 Å². The highest BCUT2D eigenvalue weighted by Gasteiger charge is 2.37. The maximum absolute atomic E-state index is 10.4. The van der Waals surface area contributed by atoms with Gasteiger partial charge in [0.1, 0.15) is 11.0 Å². The van der Waals surface area contributed by atoms with Gasteiger partial charge in [-0.1, -0.05) is 44.5 Å². The molecule has 1 fully saturated rings. The Morgan fingerprint density at radius 3 is 2.41 bits per heavy atom. The molecule has 1 N–H and O–H groups in total. The molecule has 0 bridgehead atoms. The lowest BCUT2D eigenvalue weighted by molar-refractivity contribution is 0.00352. The molecule has 5 heteroatoms. The minimum atomic E-state index is -0.187. The third-order valence-corrected chi connectivity index (χ3v) is 6.10. The van der Waals surface area contributed by atoms with E-state index < -0.39 is 0 Å². The van der Waals surface area contributed by atoms with E-state index in [2.05, 4.69) is 55.2 Å². The first-order valence-corrected chi connectivity index (χ1v) is 10.00. The van der Waals surface area contributed by atoms with Gasteiger partial charge < -0.3 is 5.11 Å². The minimum absolute atomic E-state index is 0.123. The van der Waals surface area contributed by atoms with Crippen LogP contribution in [-0.4, -0.2) is 26.2 Å². The molecule has 27 heavy (non-hydrogen) atoms. The zero-order chi connectivity index (χ0) is 19.2. The van der Waals surface area contributed by atoms with Gasteiger partial charge in [0.25, 0.3) is 0 Å². The Hall–Kier alpha value is -1.91. The van der Waals surface area contributed by atoms with Crippen molar-refractivity contribution in [1.82, 2.24) is 15.0 Å². The Labute approximate surface area is 165 Å². The van der Waals surface area contributed by atoms with Crippen LogP contribution < -0.4 is 0 Å². The number of fused-ring (bicyclic) bond motifs is 1. The van der Waals surface area contributed by atoms with Crippen molar-refractivity contribution in [3.63, 3.8) is 0 Å². The van der Waals surface area contributed by atoms with Crippen molar-refractivity contribution in [2.75, 3.05) is 0 Å². The fraction of sp³-hybridized carbons (Fsp3) is 0.455. The highest BCUT2D eigenvalue weighted by atomic mass is 35.5. The summed E-state index contributed by atoms with van der Waals surface area (Å²) < 4.78 is 0. The molecular weight excluding hydrogens is 358 g/mol. The molecule has 142 valence electrons. The molecular formula is C22H26ClN3O. The highest BCUT2D eigenvalue weighted by Crippen LogP contribution is 2.44. The van der Waals surface area contributed by atoms with Crippen LogP contribution in [0.3, 0.4) is 0 Å². The second kappa shape index (κ2) is 6.92. The van der Waals surface area contributed by atoms with Gasteiger partial charge in [0.2, 0.25) is 0 Å². The van der Waals surface area contributed by atoms with Crippen LogP contribution in [0.5, 0.6) is 0 Å². The molecule has 1 heterocycles. The topological polar surface area (TPSA) is 50.9 Å². The Morgan fingerprint density at radius 2 is 1.70 bits per heavy atom. The van der Waals surface area contributed by atoms with Crippen molar-refractivity contribution in [2.45, 2.75) is 52.1 Å². The minimum Gasteiger partial charge on any atom is -0.393 e. The van der Waals surface area contributed by atoms with Crippen LogP contribution in [-0.2, 0) is 0 Å². The first-order valence-electron chi connectivity index (χ1n) is 9.62. The third-order valence-electron chi connectivity index (χ3n) is 5.86. The summed E-state index contributed by atoms with van der Waals surface area (Å²) in [7, 11) is 0. The van der Waals surface area contributed by atoms with Crippen molar-refractivity contribution in [1.29, 1.82) is 0 Å². The lowest BCUT2D eigenvalue weighted by Gasteiger charge is -2.41. The molecule has 0 saturated heterocycles. The van der Waals surface area contributed by atoms with Crippen LogP contribution in [0.15, 0.2) is 42.5 Å². The fourth-order valence-electron chi connectivity index (χ4n) is 4.27. The standard InChI is InChI=1S/C22H26ClN3O/c1-22(2,3)18-12-15(6-11-21(18)27)14-4-8-17(9-5-14)26-24-19-10-7-16(23)13-20(19)25-26/h4-5,7-10,13,15,18,21,27H,6,11-12H2,1-3H3. The first-order chi connectivity index (χ1) is 12.8. The molecule has 1 saturated carbocycles. The normalized spacial score (nSPS) is 23.7. The van der Waals surface area contributed by atoms with E-state index in [1.54, 1.807) is 4.80 Å². The molecule has 3 unspecified atom stereocenters. The molecule has 3 atom stereocenters. The Morgan fingerprint density at radius 1 is 1.00 bits per heavy atom. The van der Waals surface area contributed by atoms with Gasteiger partial charge >= 0.3 is 0 Å². The number of aromatic nitrogens is 3. The number of hydrogen-bond acceptors (Lipinski definition) is 3. The van der Waals surface area contributed by atoms with Gasteiger partial charge in [-0.05, 0) is 72.4 Å². The van der Waals surface area contributed by atoms with Gasteiger partial charge in [0.05, 0.1) is 11.8 Å².